The van der Waals surface area contributed by atoms with E-state index in [1.807, 2.05) is 13.8 Å². The molecule has 1 rings (SSSR count). The van der Waals surface area contributed by atoms with Crippen molar-refractivity contribution in [2.75, 3.05) is 19.6 Å². The first-order chi connectivity index (χ1) is 6.59. The SMILES string of the molecule is CC(C)C(O)CNC(=O)CC1CNC1. The lowest BCUT2D eigenvalue weighted by molar-refractivity contribution is -0.122. The Labute approximate surface area is 85.1 Å². The van der Waals surface area contributed by atoms with E-state index < -0.39 is 6.10 Å². The Bertz CT molecular complexity index is 191. The molecule has 0 aliphatic carbocycles. The molecule has 0 aromatic heterocycles. The molecule has 0 radical (unpaired) electrons. The van der Waals surface area contributed by atoms with Crippen molar-refractivity contribution in [2.24, 2.45) is 11.8 Å². The first-order valence-electron chi connectivity index (χ1n) is 5.25. The summed E-state index contributed by atoms with van der Waals surface area (Å²) < 4.78 is 0. The van der Waals surface area contributed by atoms with Crippen LogP contribution in [0.15, 0.2) is 0 Å². The van der Waals surface area contributed by atoms with Gasteiger partial charge >= 0.3 is 0 Å². The van der Waals surface area contributed by atoms with Gasteiger partial charge in [0.1, 0.15) is 0 Å². The van der Waals surface area contributed by atoms with Crippen molar-refractivity contribution in [1.82, 2.24) is 10.6 Å². The Hall–Kier alpha value is -0.610. The van der Waals surface area contributed by atoms with Gasteiger partial charge in [-0.25, -0.2) is 0 Å². The molecule has 0 bridgehead atoms. The highest BCUT2D eigenvalue weighted by atomic mass is 16.3. The van der Waals surface area contributed by atoms with E-state index >= 15 is 0 Å². The van der Waals surface area contributed by atoms with Crippen LogP contribution in [0.5, 0.6) is 0 Å². The second-order valence-electron chi connectivity index (χ2n) is 4.34. The third kappa shape index (κ3) is 3.64. The molecule has 3 N–H and O–H groups in total. The van der Waals surface area contributed by atoms with Crippen LogP contribution in [0.2, 0.25) is 0 Å². The largest absolute Gasteiger partial charge is 0.391 e. The minimum absolute atomic E-state index is 0.0520. The Morgan fingerprint density at radius 2 is 2.21 bits per heavy atom. The highest BCUT2D eigenvalue weighted by Crippen LogP contribution is 2.07. The summed E-state index contributed by atoms with van der Waals surface area (Å²) in [7, 11) is 0. The molecule has 0 aromatic carbocycles. The fourth-order valence-corrected chi connectivity index (χ4v) is 1.28. The first-order valence-corrected chi connectivity index (χ1v) is 5.25. The average molecular weight is 200 g/mol. The summed E-state index contributed by atoms with van der Waals surface area (Å²) in [5, 5.41) is 15.3. The predicted octanol–water partition coefficient (Wildman–Crippen LogP) is -0.271. The van der Waals surface area contributed by atoms with E-state index in [1.54, 1.807) is 0 Å². The van der Waals surface area contributed by atoms with Crippen molar-refractivity contribution >= 4 is 5.91 Å². The number of nitrogens with one attached hydrogen (secondary N) is 2. The van der Waals surface area contributed by atoms with E-state index in [0.717, 1.165) is 13.1 Å². The van der Waals surface area contributed by atoms with Crippen LogP contribution < -0.4 is 10.6 Å². The van der Waals surface area contributed by atoms with Crippen LogP contribution in [0.3, 0.4) is 0 Å². The van der Waals surface area contributed by atoms with Gasteiger partial charge in [0.05, 0.1) is 6.10 Å². The molecule has 1 aliphatic rings. The fourth-order valence-electron chi connectivity index (χ4n) is 1.28. The van der Waals surface area contributed by atoms with Crippen LogP contribution in [0.4, 0.5) is 0 Å². The van der Waals surface area contributed by atoms with Crippen LogP contribution in [0, 0.1) is 11.8 Å². The molecule has 4 nitrogen and oxygen atoms in total. The van der Waals surface area contributed by atoms with Crippen molar-refractivity contribution in [1.29, 1.82) is 0 Å². The van der Waals surface area contributed by atoms with Gasteiger partial charge in [0.25, 0.3) is 0 Å². The zero-order valence-electron chi connectivity index (χ0n) is 8.92. The summed E-state index contributed by atoms with van der Waals surface area (Å²) in [6.07, 6.45) is 0.149. The van der Waals surface area contributed by atoms with E-state index in [4.69, 9.17) is 0 Å². The molecule has 0 spiro atoms. The highest BCUT2D eigenvalue weighted by Gasteiger charge is 2.20. The van der Waals surface area contributed by atoms with Crippen LogP contribution in [-0.4, -0.2) is 36.8 Å². The van der Waals surface area contributed by atoms with E-state index in [0.29, 0.717) is 18.9 Å². The smallest absolute Gasteiger partial charge is 0.220 e. The molecule has 0 aromatic rings. The third-order valence-corrected chi connectivity index (χ3v) is 2.62. The number of carbonyl (C=O) groups is 1. The Balaban J connectivity index is 2.07. The minimum atomic E-state index is -0.432. The van der Waals surface area contributed by atoms with Gasteiger partial charge in [-0.05, 0) is 24.9 Å². The molecule has 1 fully saturated rings. The van der Waals surface area contributed by atoms with E-state index in [-0.39, 0.29) is 11.8 Å². The molecular formula is C10H20N2O2. The lowest BCUT2D eigenvalue weighted by Crippen LogP contribution is -2.45. The van der Waals surface area contributed by atoms with Crippen LogP contribution in [-0.2, 0) is 4.79 Å². The van der Waals surface area contributed by atoms with Gasteiger partial charge < -0.3 is 15.7 Å². The third-order valence-electron chi connectivity index (χ3n) is 2.62. The quantitative estimate of drug-likeness (QED) is 0.572. The number of amides is 1. The minimum Gasteiger partial charge on any atom is -0.391 e. The van der Waals surface area contributed by atoms with Gasteiger partial charge in [0.2, 0.25) is 5.91 Å². The maximum absolute atomic E-state index is 11.3. The second-order valence-corrected chi connectivity index (χ2v) is 4.34. The molecule has 1 aliphatic heterocycles. The first kappa shape index (κ1) is 11.5. The van der Waals surface area contributed by atoms with E-state index in [1.165, 1.54) is 0 Å². The molecule has 1 heterocycles. The van der Waals surface area contributed by atoms with Crippen molar-refractivity contribution in [3.63, 3.8) is 0 Å². The van der Waals surface area contributed by atoms with Gasteiger partial charge in [-0.1, -0.05) is 13.8 Å². The molecule has 0 saturated carbocycles. The highest BCUT2D eigenvalue weighted by molar-refractivity contribution is 5.76. The average Bonchev–Trinajstić information content (AvgIpc) is 2.07. The summed E-state index contributed by atoms with van der Waals surface area (Å²) in [4.78, 5) is 11.3. The number of aliphatic hydroxyl groups excluding tert-OH is 1. The number of rotatable bonds is 5. The van der Waals surface area contributed by atoms with Crippen molar-refractivity contribution < 1.29 is 9.90 Å². The van der Waals surface area contributed by atoms with Gasteiger partial charge in [-0.15, -0.1) is 0 Å². The Kier molecular flexibility index (Phi) is 4.35. The molecule has 82 valence electrons. The Morgan fingerprint density at radius 3 is 2.64 bits per heavy atom. The van der Waals surface area contributed by atoms with Crippen LogP contribution in [0.25, 0.3) is 0 Å². The zero-order valence-corrected chi connectivity index (χ0v) is 8.92. The molecular weight excluding hydrogens is 180 g/mol. The van der Waals surface area contributed by atoms with Gasteiger partial charge in [0.15, 0.2) is 0 Å². The summed E-state index contributed by atoms with van der Waals surface area (Å²) in [5.74, 6) is 0.739. The molecule has 1 amide bonds. The molecule has 1 unspecified atom stereocenters. The summed E-state index contributed by atoms with van der Waals surface area (Å²) in [6.45, 7) is 6.14. The standard InChI is InChI=1S/C10H20N2O2/c1-7(2)9(13)6-12-10(14)3-8-4-11-5-8/h7-9,11,13H,3-6H2,1-2H3,(H,12,14). The molecule has 14 heavy (non-hydrogen) atoms. The number of carbonyl (C=O) groups excluding carboxylic acids is 1. The van der Waals surface area contributed by atoms with Gasteiger partial charge in [-0.3, -0.25) is 4.79 Å². The van der Waals surface area contributed by atoms with E-state index in [2.05, 4.69) is 10.6 Å². The predicted molar refractivity (Wildman–Crippen MR) is 54.8 cm³/mol. The summed E-state index contributed by atoms with van der Waals surface area (Å²) in [5.41, 5.74) is 0. The lowest BCUT2D eigenvalue weighted by atomic mass is 9.99. The number of hydrogen-bond acceptors (Lipinski definition) is 3. The number of aliphatic hydroxyl groups is 1. The lowest BCUT2D eigenvalue weighted by Gasteiger charge is -2.26. The van der Waals surface area contributed by atoms with Crippen molar-refractivity contribution in [3.05, 3.63) is 0 Å². The van der Waals surface area contributed by atoms with Crippen LogP contribution in [0.1, 0.15) is 20.3 Å². The topological polar surface area (TPSA) is 61.4 Å². The van der Waals surface area contributed by atoms with E-state index in [9.17, 15) is 9.90 Å². The normalized spacial score (nSPS) is 19.1. The monoisotopic (exact) mass is 200 g/mol. The van der Waals surface area contributed by atoms with Crippen LogP contribution >= 0.6 is 0 Å². The summed E-state index contributed by atoms with van der Waals surface area (Å²) in [6, 6.07) is 0. The van der Waals surface area contributed by atoms with Gasteiger partial charge in [0, 0.05) is 13.0 Å². The van der Waals surface area contributed by atoms with Gasteiger partial charge in [-0.2, -0.15) is 0 Å². The molecule has 4 heteroatoms. The van der Waals surface area contributed by atoms with Crippen molar-refractivity contribution in [2.45, 2.75) is 26.4 Å². The van der Waals surface area contributed by atoms with Crippen molar-refractivity contribution in [3.8, 4) is 0 Å². The maximum Gasteiger partial charge on any atom is 0.220 e. The summed E-state index contributed by atoms with van der Waals surface area (Å²) >= 11 is 0. The molecule has 1 atom stereocenters. The fraction of sp³-hybridized carbons (Fsp3) is 0.900. The maximum atomic E-state index is 11.3. The zero-order chi connectivity index (χ0) is 10.6. The molecule has 1 saturated heterocycles. The second kappa shape index (κ2) is 5.32. The number of hydrogen-bond donors (Lipinski definition) is 3. The Morgan fingerprint density at radius 1 is 1.57 bits per heavy atom.